The minimum atomic E-state index is -0.541. The first-order valence-corrected chi connectivity index (χ1v) is 12.5. The molecule has 176 valence electrons. The Labute approximate surface area is 209 Å². The van der Waals surface area contributed by atoms with E-state index in [0.717, 1.165) is 28.2 Å². The van der Waals surface area contributed by atoms with E-state index in [0.29, 0.717) is 22.7 Å². The molecule has 0 bridgehead atoms. The van der Waals surface area contributed by atoms with Crippen LogP contribution in [0.4, 0.5) is 4.39 Å². The van der Waals surface area contributed by atoms with Crippen molar-refractivity contribution in [3.63, 3.8) is 0 Å². The van der Waals surface area contributed by atoms with Gasteiger partial charge in [-0.2, -0.15) is 9.78 Å². The summed E-state index contributed by atoms with van der Waals surface area (Å²) in [6.07, 6.45) is 10.4. The standard InChI is InChI=1S/C24H20ClFN8S/c1-14-24(35-13-28-14)17-10-30-33(11-17)21(8-15-2-3-15)19-6-4-16(9-27-19)22-20(34-12-29-31-32-34)7-5-18(25)23(22)26/h4-7,9-13,15,21H,2-3,8H2,1H3. The molecule has 6 rings (SSSR count). The highest BCUT2D eigenvalue weighted by Crippen LogP contribution is 2.40. The fourth-order valence-corrected chi connectivity index (χ4v) is 5.20. The summed E-state index contributed by atoms with van der Waals surface area (Å²) in [6.45, 7) is 2.00. The second-order valence-electron chi connectivity index (χ2n) is 8.65. The molecule has 1 aliphatic rings. The average molecular weight is 507 g/mol. The maximum atomic E-state index is 15.2. The maximum Gasteiger partial charge on any atom is 0.151 e. The van der Waals surface area contributed by atoms with Crippen LogP contribution in [0.2, 0.25) is 5.02 Å². The molecule has 8 nitrogen and oxygen atoms in total. The topological polar surface area (TPSA) is 87.2 Å². The zero-order valence-electron chi connectivity index (χ0n) is 18.7. The van der Waals surface area contributed by atoms with Gasteiger partial charge in [-0.25, -0.2) is 9.37 Å². The summed E-state index contributed by atoms with van der Waals surface area (Å²) in [5, 5.41) is 15.9. The number of thiazole rings is 1. The zero-order chi connectivity index (χ0) is 23.9. The molecule has 0 amide bonds. The Morgan fingerprint density at radius 1 is 1.14 bits per heavy atom. The van der Waals surface area contributed by atoms with Crippen molar-refractivity contribution in [1.29, 1.82) is 0 Å². The molecular formula is C24H20ClFN8S. The fraction of sp³-hybridized carbons (Fsp3) is 0.250. The van der Waals surface area contributed by atoms with E-state index in [1.165, 1.54) is 29.9 Å². The van der Waals surface area contributed by atoms with Crippen molar-refractivity contribution >= 4 is 22.9 Å². The predicted molar refractivity (Wildman–Crippen MR) is 131 cm³/mol. The zero-order valence-corrected chi connectivity index (χ0v) is 20.3. The van der Waals surface area contributed by atoms with Gasteiger partial charge >= 0.3 is 0 Å². The highest BCUT2D eigenvalue weighted by atomic mass is 35.5. The second kappa shape index (κ2) is 8.94. The summed E-state index contributed by atoms with van der Waals surface area (Å²) in [7, 11) is 0. The molecule has 1 unspecified atom stereocenters. The summed E-state index contributed by atoms with van der Waals surface area (Å²) >= 11 is 7.72. The highest BCUT2D eigenvalue weighted by molar-refractivity contribution is 7.13. The predicted octanol–water partition coefficient (Wildman–Crippen LogP) is 5.53. The molecule has 5 aromatic rings. The minimum Gasteiger partial charge on any atom is -0.263 e. The lowest BCUT2D eigenvalue weighted by Gasteiger charge is -2.18. The second-order valence-corrected chi connectivity index (χ2v) is 9.91. The molecule has 4 aromatic heterocycles. The van der Waals surface area contributed by atoms with Crippen LogP contribution in [-0.4, -0.2) is 40.0 Å². The number of halogens is 2. The van der Waals surface area contributed by atoms with E-state index in [2.05, 4.69) is 31.8 Å². The summed E-state index contributed by atoms with van der Waals surface area (Å²) < 4.78 is 18.5. The summed E-state index contributed by atoms with van der Waals surface area (Å²) in [5.41, 5.74) is 6.14. The molecule has 1 aromatic carbocycles. The summed E-state index contributed by atoms with van der Waals surface area (Å²) in [6, 6.07) is 6.97. The lowest BCUT2D eigenvalue weighted by Crippen LogP contribution is -2.13. The third-order valence-electron chi connectivity index (χ3n) is 6.27. The Morgan fingerprint density at radius 2 is 2.03 bits per heavy atom. The van der Waals surface area contributed by atoms with Crippen LogP contribution in [0.25, 0.3) is 27.3 Å². The number of hydrogen-bond acceptors (Lipinski definition) is 7. The Bertz CT molecular complexity index is 1470. The van der Waals surface area contributed by atoms with Gasteiger partial charge in [0.2, 0.25) is 0 Å². The van der Waals surface area contributed by atoms with Crippen LogP contribution in [0.5, 0.6) is 0 Å². The molecule has 0 N–H and O–H groups in total. The van der Waals surface area contributed by atoms with Gasteiger partial charge in [-0.1, -0.05) is 30.5 Å². The van der Waals surface area contributed by atoms with Crippen molar-refractivity contribution in [2.24, 2.45) is 5.92 Å². The van der Waals surface area contributed by atoms with E-state index in [-0.39, 0.29) is 11.1 Å². The molecule has 4 heterocycles. The van der Waals surface area contributed by atoms with Crippen LogP contribution >= 0.6 is 22.9 Å². The quantitative estimate of drug-likeness (QED) is 0.288. The van der Waals surface area contributed by atoms with Gasteiger partial charge in [0.1, 0.15) is 6.33 Å². The van der Waals surface area contributed by atoms with Gasteiger partial charge < -0.3 is 0 Å². The largest absolute Gasteiger partial charge is 0.263 e. The van der Waals surface area contributed by atoms with Crippen molar-refractivity contribution in [3.05, 3.63) is 76.9 Å². The number of benzene rings is 1. The van der Waals surface area contributed by atoms with Crippen molar-refractivity contribution in [1.82, 2.24) is 40.0 Å². The van der Waals surface area contributed by atoms with Gasteiger partial charge in [-0.3, -0.25) is 9.67 Å². The van der Waals surface area contributed by atoms with Crippen LogP contribution in [0.1, 0.15) is 36.7 Å². The smallest absolute Gasteiger partial charge is 0.151 e. The lowest BCUT2D eigenvalue weighted by atomic mass is 10.0. The van der Waals surface area contributed by atoms with Crippen LogP contribution in [0.15, 0.2) is 54.7 Å². The van der Waals surface area contributed by atoms with Gasteiger partial charge in [-0.15, -0.1) is 16.4 Å². The van der Waals surface area contributed by atoms with E-state index in [9.17, 15) is 0 Å². The molecule has 1 aliphatic carbocycles. The summed E-state index contributed by atoms with van der Waals surface area (Å²) in [4.78, 5) is 10.2. The van der Waals surface area contributed by atoms with Crippen molar-refractivity contribution in [3.8, 4) is 27.3 Å². The first kappa shape index (κ1) is 22.0. The van der Waals surface area contributed by atoms with Crippen LogP contribution in [0, 0.1) is 18.7 Å². The lowest BCUT2D eigenvalue weighted by molar-refractivity contribution is 0.455. The molecule has 0 saturated heterocycles. The average Bonchev–Trinajstić information content (AvgIpc) is 3.25. The number of hydrogen-bond donors (Lipinski definition) is 0. The molecule has 0 radical (unpaired) electrons. The SMILES string of the molecule is Cc1ncsc1-c1cnn(C(CC2CC2)c2ccc(-c3c(-n4cnnn4)ccc(Cl)c3F)cn2)c1. The molecule has 1 fully saturated rings. The normalized spacial score (nSPS) is 14.4. The van der Waals surface area contributed by atoms with E-state index in [1.807, 2.05) is 35.4 Å². The minimum absolute atomic E-state index is 0.0123. The van der Waals surface area contributed by atoms with Crippen LogP contribution < -0.4 is 0 Å². The van der Waals surface area contributed by atoms with Crippen molar-refractivity contribution < 1.29 is 4.39 Å². The van der Waals surface area contributed by atoms with Gasteiger partial charge in [0.15, 0.2) is 5.82 Å². The van der Waals surface area contributed by atoms with Gasteiger partial charge in [0, 0.05) is 29.1 Å². The monoisotopic (exact) mass is 506 g/mol. The number of pyridine rings is 1. The van der Waals surface area contributed by atoms with Crippen LogP contribution in [0.3, 0.4) is 0 Å². The molecule has 1 saturated carbocycles. The number of rotatable bonds is 7. The first-order chi connectivity index (χ1) is 17.1. The van der Waals surface area contributed by atoms with Gasteiger partial charge in [0.05, 0.1) is 44.7 Å². The number of aryl methyl sites for hydroxylation is 1. The molecule has 1 atom stereocenters. The molecular weight excluding hydrogens is 487 g/mol. The third-order valence-corrected chi connectivity index (χ3v) is 7.54. The Hall–Kier alpha value is -3.50. The fourth-order valence-electron chi connectivity index (χ4n) is 4.27. The number of aromatic nitrogens is 8. The van der Waals surface area contributed by atoms with E-state index < -0.39 is 5.82 Å². The molecule has 0 aliphatic heterocycles. The summed E-state index contributed by atoms with van der Waals surface area (Å²) in [5.74, 6) is 0.122. The Balaban J connectivity index is 1.37. The van der Waals surface area contributed by atoms with E-state index in [4.69, 9.17) is 16.6 Å². The van der Waals surface area contributed by atoms with Gasteiger partial charge in [0.25, 0.3) is 0 Å². The molecule has 35 heavy (non-hydrogen) atoms. The number of nitrogens with zero attached hydrogens (tertiary/aromatic N) is 8. The van der Waals surface area contributed by atoms with Gasteiger partial charge in [-0.05, 0) is 47.9 Å². The van der Waals surface area contributed by atoms with Crippen molar-refractivity contribution in [2.75, 3.05) is 0 Å². The van der Waals surface area contributed by atoms with E-state index in [1.54, 1.807) is 23.6 Å². The first-order valence-electron chi connectivity index (χ1n) is 11.2. The molecule has 0 spiro atoms. The van der Waals surface area contributed by atoms with E-state index >= 15 is 4.39 Å². The maximum absolute atomic E-state index is 15.2. The highest BCUT2D eigenvalue weighted by Gasteiger charge is 2.29. The number of tetrazole rings is 1. The van der Waals surface area contributed by atoms with Crippen molar-refractivity contribution in [2.45, 2.75) is 32.2 Å². The van der Waals surface area contributed by atoms with Crippen LogP contribution in [-0.2, 0) is 0 Å². The Kier molecular flexibility index (Phi) is 5.62. The molecule has 11 heteroatoms. The Morgan fingerprint density at radius 3 is 2.71 bits per heavy atom. The third kappa shape index (κ3) is 4.23.